The minimum Gasteiger partial charge on any atom is -0.453 e. The number of aromatic nitrogens is 3. The molecule has 3 heterocycles. The van der Waals surface area contributed by atoms with Crippen LogP contribution in [0.3, 0.4) is 0 Å². The SMILES string of the molecule is Cc1cnc(Nc2cc(Oc3ccc([N+](=O)[O-])nc3)ccn2)s1. The fraction of sp³-hybridized carbons (Fsp3) is 0.0714. The second kappa shape index (κ2) is 6.36. The molecule has 9 heteroatoms. The molecule has 0 amide bonds. The van der Waals surface area contributed by atoms with Crippen LogP contribution < -0.4 is 10.1 Å². The summed E-state index contributed by atoms with van der Waals surface area (Å²) in [7, 11) is 0. The molecule has 0 aliphatic carbocycles. The Morgan fingerprint density at radius 1 is 1.17 bits per heavy atom. The summed E-state index contributed by atoms with van der Waals surface area (Å²) in [6, 6.07) is 6.16. The Balaban J connectivity index is 1.73. The zero-order chi connectivity index (χ0) is 16.2. The van der Waals surface area contributed by atoms with Crippen molar-refractivity contribution in [3.05, 3.63) is 57.8 Å². The van der Waals surface area contributed by atoms with Crippen LogP contribution in [-0.2, 0) is 0 Å². The van der Waals surface area contributed by atoms with E-state index in [0.717, 1.165) is 10.0 Å². The Kier molecular flexibility index (Phi) is 4.11. The maximum atomic E-state index is 10.6. The van der Waals surface area contributed by atoms with Crippen molar-refractivity contribution < 1.29 is 9.66 Å². The summed E-state index contributed by atoms with van der Waals surface area (Å²) in [5.41, 5.74) is 0. The third-order valence-electron chi connectivity index (χ3n) is 2.73. The van der Waals surface area contributed by atoms with Crippen molar-refractivity contribution in [2.75, 3.05) is 5.32 Å². The number of ether oxygens (including phenoxy) is 1. The number of rotatable bonds is 5. The number of nitrogens with zero attached hydrogens (tertiary/aromatic N) is 4. The Hall–Kier alpha value is -3.07. The van der Waals surface area contributed by atoms with Crippen LogP contribution in [0.15, 0.2) is 42.9 Å². The molecule has 3 aromatic rings. The Bertz CT molecular complexity index is 834. The molecule has 3 rings (SSSR count). The fourth-order valence-corrected chi connectivity index (χ4v) is 2.41. The van der Waals surface area contributed by atoms with Gasteiger partial charge in [-0.3, -0.25) is 0 Å². The zero-order valence-electron chi connectivity index (χ0n) is 12.0. The van der Waals surface area contributed by atoms with Crippen LogP contribution in [0.4, 0.5) is 16.8 Å². The van der Waals surface area contributed by atoms with Crippen LogP contribution in [0.2, 0.25) is 0 Å². The zero-order valence-corrected chi connectivity index (χ0v) is 12.8. The van der Waals surface area contributed by atoms with Gasteiger partial charge >= 0.3 is 5.82 Å². The average Bonchev–Trinajstić information content (AvgIpc) is 2.93. The van der Waals surface area contributed by atoms with Crippen LogP contribution in [0, 0.1) is 17.0 Å². The van der Waals surface area contributed by atoms with Gasteiger partial charge in [-0.25, -0.2) is 9.97 Å². The molecular weight excluding hydrogens is 318 g/mol. The predicted molar refractivity (Wildman–Crippen MR) is 85.3 cm³/mol. The van der Waals surface area contributed by atoms with E-state index in [1.807, 2.05) is 6.92 Å². The molecule has 0 unspecified atom stereocenters. The quantitative estimate of drug-likeness (QED) is 0.562. The van der Waals surface area contributed by atoms with E-state index < -0.39 is 4.92 Å². The van der Waals surface area contributed by atoms with Gasteiger partial charge in [0, 0.05) is 29.4 Å². The summed E-state index contributed by atoms with van der Waals surface area (Å²) in [6.45, 7) is 1.97. The summed E-state index contributed by atoms with van der Waals surface area (Å²) in [5.74, 6) is 1.30. The van der Waals surface area contributed by atoms with Crippen LogP contribution in [0.5, 0.6) is 11.5 Å². The van der Waals surface area contributed by atoms with Gasteiger partial charge in [0.25, 0.3) is 0 Å². The number of anilines is 2. The van der Waals surface area contributed by atoms with Gasteiger partial charge in [-0.15, -0.1) is 11.3 Å². The van der Waals surface area contributed by atoms with Gasteiger partial charge in [-0.2, -0.15) is 0 Å². The van der Waals surface area contributed by atoms with Crippen LogP contribution in [0.25, 0.3) is 0 Å². The van der Waals surface area contributed by atoms with Crippen molar-refractivity contribution in [1.82, 2.24) is 15.0 Å². The molecule has 0 aliphatic rings. The van der Waals surface area contributed by atoms with Crippen molar-refractivity contribution >= 4 is 28.1 Å². The number of hydrogen-bond donors (Lipinski definition) is 1. The second-order valence-corrected chi connectivity index (χ2v) is 5.72. The molecule has 0 aromatic carbocycles. The van der Waals surface area contributed by atoms with Crippen LogP contribution in [-0.4, -0.2) is 19.9 Å². The van der Waals surface area contributed by atoms with E-state index in [0.29, 0.717) is 17.3 Å². The predicted octanol–water partition coefficient (Wildman–Crippen LogP) is 3.69. The Morgan fingerprint density at radius 2 is 2.04 bits per heavy atom. The summed E-state index contributed by atoms with van der Waals surface area (Å²) in [6.07, 6.45) is 4.67. The first-order valence-corrected chi connectivity index (χ1v) is 7.35. The number of hydrogen-bond acceptors (Lipinski definition) is 8. The van der Waals surface area contributed by atoms with Crippen LogP contribution >= 0.6 is 11.3 Å². The molecule has 0 radical (unpaired) electrons. The van der Waals surface area contributed by atoms with Crippen LogP contribution in [0.1, 0.15) is 4.88 Å². The minimum atomic E-state index is -0.561. The van der Waals surface area contributed by atoms with Gasteiger partial charge in [0.1, 0.15) is 11.6 Å². The van der Waals surface area contributed by atoms with E-state index in [1.54, 1.807) is 24.5 Å². The topological polar surface area (TPSA) is 103 Å². The van der Waals surface area contributed by atoms with Gasteiger partial charge in [0.05, 0.1) is 0 Å². The first kappa shape index (κ1) is 14.9. The second-order valence-electron chi connectivity index (χ2n) is 4.49. The lowest BCUT2D eigenvalue weighted by Gasteiger charge is -2.06. The van der Waals surface area contributed by atoms with Crippen molar-refractivity contribution in [1.29, 1.82) is 0 Å². The van der Waals surface area contributed by atoms with Gasteiger partial charge in [-0.1, -0.05) is 0 Å². The monoisotopic (exact) mass is 329 g/mol. The maximum absolute atomic E-state index is 10.6. The lowest BCUT2D eigenvalue weighted by Crippen LogP contribution is -1.94. The smallest absolute Gasteiger partial charge is 0.363 e. The highest BCUT2D eigenvalue weighted by Gasteiger charge is 2.08. The summed E-state index contributed by atoms with van der Waals surface area (Å²) < 4.78 is 5.61. The largest absolute Gasteiger partial charge is 0.453 e. The molecule has 1 N–H and O–H groups in total. The molecule has 0 fully saturated rings. The van der Waals surface area contributed by atoms with E-state index in [-0.39, 0.29) is 5.82 Å². The van der Waals surface area contributed by atoms with E-state index >= 15 is 0 Å². The van der Waals surface area contributed by atoms with Crippen molar-refractivity contribution in [2.45, 2.75) is 6.92 Å². The summed E-state index contributed by atoms with van der Waals surface area (Å²) in [5, 5.41) is 14.4. The number of thiazole rings is 1. The van der Waals surface area contributed by atoms with Crippen molar-refractivity contribution in [3.63, 3.8) is 0 Å². The fourth-order valence-electron chi connectivity index (χ4n) is 1.74. The molecule has 0 aliphatic heterocycles. The van der Waals surface area contributed by atoms with Crippen molar-refractivity contribution in [2.24, 2.45) is 0 Å². The highest BCUT2D eigenvalue weighted by molar-refractivity contribution is 7.15. The average molecular weight is 329 g/mol. The third kappa shape index (κ3) is 3.77. The highest BCUT2D eigenvalue weighted by Crippen LogP contribution is 2.26. The van der Waals surface area contributed by atoms with E-state index in [4.69, 9.17) is 4.74 Å². The number of pyridine rings is 2. The maximum Gasteiger partial charge on any atom is 0.363 e. The molecule has 23 heavy (non-hydrogen) atoms. The van der Waals surface area contributed by atoms with Gasteiger partial charge in [-0.05, 0) is 29.0 Å². The van der Waals surface area contributed by atoms with E-state index in [1.165, 1.54) is 29.7 Å². The van der Waals surface area contributed by atoms with E-state index in [9.17, 15) is 10.1 Å². The molecular formula is C14H11N5O3S. The number of aryl methyl sites for hydroxylation is 1. The molecule has 3 aromatic heterocycles. The standard InChI is InChI=1S/C14H11N5O3S/c1-9-7-17-14(23-9)18-12-6-10(4-5-15-12)22-11-2-3-13(16-8-11)19(20)21/h2-8H,1H3,(H,15,17,18). The lowest BCUT2D eigenvalue weighted by molar-refractivity contribution is -0.389. The number of nitrogens with one attached hydrogen (secondary N) is 1. The molecule has 8 nitrogen and oxygen atoms in total. The van der Waals surface area contributed by atoms with E-state index in [2.05, 4.69) is 20.3 Å². The van der Waals surface area contributed by atoms with Gasteiger partial charge < -0.3 is 20.2 Å². The third-order valence-corrected chi connectivity index (χ3v) is 3.56. The Morgan fingerprint density at radius 3 is 2.70 bits per heavy atom. The number of nitro groups is 1. The normalized spacial score (nSPS) is 10.3. The summed E-state index contributed by atoms with van der Waals surface area (Å²) >= 11 is 1.52. The van der Waals surface area contributed by atoms with Gasteiger partial charge in [0.15, 0.2) is 17.1 Å². The van der Waals surface area contributed by atoms with Crippen molar-refractivity contribution in [3.8, 4) is 11.5 Å². The lowest BCUT2D eigenvalue weighted by atomic mass is 10.4. The first-order chi connectivity index (χ1) is 11.1. The highest BCUT2D eigenvalue weighted by atomic mass is 32.1. The molecule has 0 saturated carbocycles. The molecule has 0 saturated heterocycles. The summed E-state index contributed by atoms with van der Waals surface area (Å²) in [4.78, 5) is 23.2. The molecule has 116 valence electrons. The van der Waals surface area contributed by atoms with Gasteiger partial charge in [0.2, 0.25) is 0 Å². The molecule has 0 bridgehead atoms. The Labute approximate surface area is 135 Å². The molecule has 0 atom stereocenters. The molecule has 0 spiro atoms. The first-order valence-electron chi connectivity index (χ1n) is 6.54. The minimum absolute atomic E-state index is 0.228.